The van der Waals surface area contributed by atoms with E-state index in [-0.39, 0.29) is 11.7 Å². The highest BCUT2D eigenvalue weighted by Crippen LogP contribution is 2.28. The van der Waals surface area contributed by atoms with Gasteiger partial charge >= 0.3 is 0 Å². The summed E-state index contributed by atoms with van der Waals surface area (Å²) in [7, 11) is 3.99. The minimum absolute atomic E-state index is 0.000597. The zero-order valence-corrected chi connectivity index (χ0v) is 19.5. The molecule has 1 fully saturated rings. The van der Waals surface area contributed by atoms with Gasteiger partial charge in [-0.15, -0.1) is 0 Å². The molecule has 2 N–H and O–H groups in total. The van der Waals surface area contributed by atoms with Crippen LogP contribution in [0.5, 0.6) is 0 Å². The second-order valence-electron chi connectivity index (χ2n) is 8.99. The fraction of sp³-hybridized carbons (Fsp3) is 0.385. The van der Waals surface area contributed by atoms with Gasteiger partial charge in [0.2, 0.25) is 5.95 Å². The van der Waals surface area contributed by atoms with Gasteiger partial charge in [0, 0.05) is 43.2 Å². The van der Waals surface area contributed by atoms with E-state index in [1.807, 2.05) is 43.3 Å². The number of anilines is 2. The fourth-order valence-electron chi connectivity index (χ4n) is 4.35. The summed E-state index contributed by atoms with van der Waals surface area (Å²) in [4.78, 5) is 35.3. The molecular weight excluding hydrogens is 414 g/mol. The molecule has 1 aliphatic rings. The Balaban J connectivity index is 1.29. The number of fused-ring (bicyclic) bond motifs is 1. The second-order valence-corrected chi connectivity index (χ2v) is 8.99. The van der Waals surface area contributed by atoms with E-state index in [1.165, 1.54) is 6.92 Å². The molecular formula is C26H31N5O2. The SMILES string of the molecule is CC(=O)c1ccc(C(=O)NC[C@H]2CC[C@@H](Nc3nc(N(C)C)c4ccccc4n3)CC2)cc1. The second kappa shape index (κ2) is 9.98. The summed E-state index contributed by atoms with van der Waals surface area (Å²) in [5.41, 5.74) is 2.14. The van der Waals surface area contributed by atoms with Crippen molar-refractivity contribution in [2.24, 2.45) is 5.92 Å². The van der Waals surface area contributed by atoms with Crippen LogP contribution in [0, 0.1) is 5.92 Å². The van der Waals surface area contributed by atoms with Crippen molar-refractivity contribution >= 4 is 34.4 Å². The Morgan fingerprint density at radius 1 is 0.939 bits per heavy atom. The summed E-state index contributed by atoms with van der Waals surface area (Å²) in [5, 5.41) is 7.62. The maximum Gasteiger partial charge on any atom is 0.251 e. The first-order valence-corrected chi connectivity index (χ1v) is 11.5. The third kappa shape index (κ3) is 5.48. The number of nitrogens with one attached hydrogen (secondary N) is 2. The van der Waals surface area contributed by atoms with Crippen molar-refractivity contribution in [2.45, 2.75) is 38.6 Å². The van der Waals surface area contributed by atoms with Gasteiger partial charge in [-0.2, -0.15) is 4.98 Å². The van der Waals surface area contributed by atoms with E-state index in [9.17, 15) is 9.59 Å². The number of Topliss-reactive ketones (excluding diaryl/α,β-unsaturated/α-hetero) is 1. The van der Waals surface area contributed by atoms with E-state index in [0.717, 1.165) is 42.4 Å². The molecule has 0 saturated heterocycles. The summed E-state index contributed by atoms with van der Waals surface area (Å²) in [6.07, 6.45) is 4.10. The van der Waals surface area contributed by atoms with Crippen molar-refractivity contribution in [3.8, 4) is 0 Å². The molecule has 0 spiro atoms. The van der Waals surface area contributed by atoms with Gasteiger partial charge in [-0.1, -0.05) is 24.3 Å². The number of nitrogens with zero attached hydrogens (tertiary/aromatic N) is 3. The van der Waals surface area contributed by atoms with E-state index in [4.69, 9.17) is 9.97 Å². The van der Waals surface area contributed by atoms with E-state index in [1.54, 1.807) is 24.3 Å². The van der Waals surface area contributed by atoms with Crippen LogP contribution in [0.3, 0.4) is 0 Å². The molecule has 33 heavy (non-hydrogen) atoms. The number of amides is 1. The molecule has 7 heteroatoms. The minimum atomic E-state index is -0.0915. The summed E-state index contributed by atoms with van der Waals surface area (Å²) in [5.74, 6) is 1.95. The Bertz CT molecular complexity index is 1140. The van der Waals surface area contributed by atoms with Crippen LogP contribution in [0.25, 0.3) is 10.9 Å². The topological polar surface area (TPSA) is 87.2 Å². The number of rotatable bonds is 7. The Labute approximate surface area is 194 Å². The predicted octanol–water partition coefficient (Wildman–Crippen LogP) is 4.30. The smallest absolute Gasteiger partial charge is 0.251 e. The highest BCUT2D eigenvalue weighted by atomic mass is 16.1. The third-order valence-corrected chi connectivity index (χ3v) is 6.29. The number of aromatic nitrogens is 2. The van der Waals surface area contributed by atoms with Gasteiger partial charge in [0.25, 0.3) is 5.91 Å². The van der Waals surface area contributed by atoms with Crippen molar-refractivity contribution in [3.63, 3.8) is 0 Å². The van der Waals surface area contributed by atoms with Gasteiger partial charge in [-0.3, -0.25) is 9.59 Å². The van der Waals surface area contributed by atoms with Gasteiger partial charge in [-0.05, 0) is 62.8 Å². The number of benzene rings is 2. The van der Waals surface area contributed by atoms with Crippen molar-refractivity contribution in [3.05, 3.63) is 59.7 Å². The van der Waals surface area contributed by atoms with Crippen LogP contribution < -0.4 is 15.5 Å². The number of hydrogen-bond donors (Lipinski definition) is 2. The molecule has 1 heterocycles. The number of carbonyl (C=O) groups excluding carboxylic acids is 2. The van der Waals surface area contributed by atoms with Gasteiger partial charge in [0.1, 0.15) is 5.82 Å². The molecule has 0 unspecified atom stereocenters. The average molecular weight is 446 g/mol. The maximum atomic E-state index is 12.4. The van der Waals surface area contributed by atoms with Gasteiger partial charge in [0.05, 0.1) is 5.52 Å². The molecule has 0 radical (unpaired) electrons. The Morgan fingerprint density at radius 2 is 1.61 bits per heavy atom. The molecule has 4 rings (SSSR count). The Hall–Kier alpha value is -3.48. The predicted molar refractivity (Wildman–Crippen MR) is 132 cm³/mol. The number of para-hydroxylation sites is 1. The molecule has 3 aromatic rings. The highest BCUT2D eigenvalue weighted by molar-refractivity contribution is 5.97. The zero-order valence-electron chi connectivity index (χ0n) is 19.5. The highest BCUT2D eigenvalue weighted by Gasteiger charge is 2.23. The van der Waals surface area contributed by atoms with Crippen LogP contribution in [-0.2, 0) is 0 Å². The van der Waals surface area contributed by atoms with E-state index in [0.29, 0.717) is 35.6 Å². The number of carbonyl (C=O) groups is 2. The zero-order chi connectivity index (χ0) is 23.4. The third-order valence-electron chi connectivity index (χ3n) is 6.29. The van der Waals surface area contributed by atoms with Crippen LogP contribution in [0.2, 0.25) is 0 Å². The summed E-state index contributed by atoms with van der Waals surface area (Å²) in [6.45, 7) is 2.19. The standard InChI is InChI=1S/C26H31N5O2/c1-17(32)19-10-12-20(13-11-19)25(33)27-16-18-8-14-21(15-9-18)28-26-29-23-7-5-4-6-22(23)24(30-26)31(2)3/h4-7,10-13,18,21H,8-9,14-16H2,1-3H3,(H,27,33)(H,28,29,30)/t18-,21+. The van der Waals surface area contributed by atoms with Crippen molar-refractivity contribution < 1.29 is 9.59 Å². The van der Waals surface area contributed by atoms with Crippen LogP contribution >= 0.6 is 0 Å². The number of ketones is 1. The Morgan fingerprint density at radius 3 is 2.27 bits per heavy atom. The monoisotopic (exact) mass is 445 g/mol. The van der Waals surface area contributed by atoms with Gasteiger partial charge < -0.3 is 15.5 Å². The molecule has 0 atom stereocenters. The van der Waals surface area contributed by atoms with Crippen molar-refractivity contribution in [1.82, 2.24) is 15.3 Å². The molecule has 1 amide bonds. The van der Waals surface area contributed by atoms with Crippen molar-refractivity contribution in [2.75, 3.05) is 30.9 Å². The molecule has 1 aromatic heterocycles. The first-order valence-electron chi connectivity index (χ1n) is 11.5. The van der Waals surface area contributed by atoms with Crippen LogP contribution in [0.4, 0.5) is 11.8 Å². The largest absolute Gasteiger partial charge is 0.362 e. The number of hydrogen-bond acceptors (Lipinski definition) is 6. The van der Waals surface area contributed by atoms with Crippen LogP contribution in [0.1, 0.15) is 53.3 Å². The summed E-state index contributed by atoms with van der Waals surface area (Å²) >= 11 is 0. The molecule has 1 aliphatic carbocycles. The van der Waals surface area contributed by atoms with E-state index < -0.39 is 0 Å². The van der Waals surface area contributed by atoms with Crippen molar-refractivity contribution in [1.29, 1.82) is 0 Å². The molecule has 1 saturated carbocycles. The van der Waals surface area contributed by atoms with Crippen LogP contribution in [0.15, 0.2) is 48.5 Å². The lowest BCUT2D eigenvalue weighted by Gasteiger charge is -2.29. The maximum absolute atomic E-state index is 12.4. The van der Waals surface area contributed by atoms with E-state index >= 15 is 0 Å². The molecule has 7 nitrogen and oxygen atoms in total. The normalized spacial score (nSPS) is 18.0. The molecule has 2 aromatic carbocycles. The Kier molecular flexibility index (Phi) is 6.87. The molecule has 0 bridgehead atoms. The quantitative estimate of drug-likeness (QED) is 0.527. The fourth-order valence-corrected chi connectivity index (χ4v) is 4.35. The first-order chi connectivity index (χ1) is 15.9. The first kappa shape index (κ1) is 22.7. The lowest BCUT2D eigenvalue weighted by Crippen LogP contribution is -2.34. The molecule has 0 aliphatic heterocycles. The van der Waals surface area contributed by atoms with E-state index in [2.05, 4.69) is 10.6 Å². The summed E-state index contributed by atoms with van der Waals surface area (Å²) in [6, 6.07) is 15.2. The average Bonchev–Trinajstić information content (AvgIpc) is 2.83. The van der Waals surface area contributed by atoms with Gasteiger partial charge in [-0.25, -0.2) is 4.98 Å². The molecule has 172 valence electrons. The van der Waals surface area contributed by atoms with Crippen LogP contribution in [-0.4, -0.2) is 48.3 Å². The van der Waals surface area contributed by atoms with Gasteiger partial charge in [0.15, 0.2) is 5.78 Å². The summed E-state index contributed by atoms with van der Waals surface area (Å²) < 4.78 is 0. The lowest BCUT2D eigenvalue weighted by molar-refractivity contribution is 0.0941. The minimum Gasteiger partial charge on any atom is -0.362 e. The lowest BCUT2D eigenvalue weighted by atomic mass is 9.86.